The second-order valence-electron chi connectivity index (χ2n) is 5.46. The molecule has 3 aliphatic heterocycles. The SMILES string of the molecule is CC1(C(=O)N2CC[C@H]3CNC[C@H]32)CCCS1. The Kier molecular flexibility index (Phi) is 2.67. The number of nitrogens with one attached hydrogen (secondary N) is 1. The Hall–Kier alpha value is -0.220. The molecule has 0 saturated carbocycles. The molecule has 3 heterocycles. The first-order valence-corrected chi connectivity index (χ1v) is 7.35. The van der Waals surface area contributed by atoms with Gasteiger partial charge in [-0.25, -0.2) is 0 Å². The number of fused-ring (bicyclic) bond motifs is 1. The van der Waals surface area contributed by atoms with Gasteiger partial charge in [0.2, 0.25) is 5.91 Å². The van der Waals surface area contributed by atoms with Crippen molar-refractivity contribution in [3.8, 4) is 0 Å². The Bertz CT molecular complexity index is 301. The van der Waals surface area contributed by atoms with E-state index in [1.807, 2.05) is 11.8 Å². The van der Waals surface area contributed by atoms with Gasteiger partial charge in [-0.1, -0.05) is 0 Å². The summed E-state index contributed by atoms with van der Waals surface area (Å²) in [6.07, 6.45) is 3.47. The summed E-state index contributed by atoms with van der Waals surface area (Å²) in [6, 6.07) is 0.491. The fourth-order valence-electron chi connectivity index (χ4n) is 3.35. The van der Waals surface area contributed by atoms with Crippen LogP contribution in [0.4, 0.5) is 0 Å². The minimum Gasteiger partial charge on any atom is -0.337 e. The third-order valence-electron chi connectivity index (χ3n) is 4.38. The van der Waals surface area contributed by atoms with Gasteiger partial charge in [0.05, 0.1) is 4.75 Å². The highest BCUT2D eigenvalue weighted by molar-refractivity contribution is 8.01. The average molecular weight is 240 g/mol. The third kappa shape index (κ3) is 1.58. The highest BCUT2D eigenvalue weighted by Gasteiger charge is 2.47. The van der Waals surface area contributed by atoms with Crippen LogP contribution in [-0.4, -0.2) is 47.0 Å². The maximum absolute atomic E-state index is 12.6. The number of amides is 1. The number of hydrogen-bond acceptors (Lipinski definition) is 3. The number of thioether (sulfide) groups is 1. The number of rotatable bonds is 1. The summed E-state index contributed by atoms with van der Waals surface area (Å²) in [4.78, 5) is 14.8. The lowest BCUT2D eigenvalue weighted by molar-refractivity contribution is -0.134. The summed E-state index contributed by atoms with van der Waals surface area (Å²) in [6.45, 7) is 5.25. The first kappa shape index (κ1) is 10.9. The van der Waals surface area contributed by atoms with Crippen molar-refractivity contribution in [3.63, 3.8) is 0 Å². The Balaban J connectivity index is 1.75. The Morgan fingerprint density at radius 3 is 3.12 bits per heavy atom. The summed E-state index contributed by atoms with van der Waals surface area (Å²) in [5, 5.41) is 3.41. The normalized spacial score (nSPS) is 42.7. The van der Waals surface area contributed by atoms with Crippen LogP contribution in [0.5, 0.6) is 0 Å². The molecule has 3 nitrogen and oxygen atoms in total. The molecule has 1 N–H and O–H groups in total. The summed E-state index contributed by atoms with van der Waals surface area (Å²) in [7, 11) is 0. The van der Waals surface area contributed by atoms with Crippen LogP contribution in [0.15, 0.2) is 0 Å². The number of carbonyl (C=O) groups excluding carboxylic acids is 1. The van der Waals surface area contributed by atoms with Gasteiger partial charge in [0.25, 0.3) is 0 Å². The first-order valence-electron chi connectivity index (χ1n) is 6.36. The minimum absolute atomic E-state index is 0.114. The van der Waals surface area contributed by atoms with Crippen molar-refractivity contribution in [1.29, 1.82) is 0 Å². The highest BCUT2D eigenvalue weighted by Crippen LogP contribution is 2.41. The molecule has 0 aromatic heterocycles. The van der Waals surface area contributed by atoms with E-state index in [0.29, 0.717) is 11.9 Å². The van der Waals surface area contributed by atoms with E-state index in [1.165, 1.54) is 12.8 Å². The van der Waals surface area contributed by atoms with Crippen LogP contribution in [0.2, 0.25) is 0 Å². The van der Waals surface area contributed by atoms with E-state index in [-0.39, 0.29) is 4.75 Å². The third-order valence-corrected chi connectivity index (χ3v) is 5.89. The molecule has 0 bridgehead atoms. The van der Waals surface area contributed by atoms with E-state index in [4.69, 9.17) is 0 Å². The van der Waals surface area contributed by atoms with Gasteiger partial charge in [0.1, 0.15) is 0 Å². The van der Waals surface area contributed by atoms with Crippen LogP contribution in [0.1, 0.15) is 26.2 Å². The molecule has 16 heavy (non-hydrogen) atoms. The van der Waals surface area contributed by atoms with Crippen LogP contribution >= 0.6 is 11.8 Å². The molecular formula is C12H20N2OS. The van der Waals surface area contributed by atoms with Crippen molar-refractivity contribution < 1.29 is 4.79 Å². The number of nitrogens with zero attached hydrogens (tertiary/aromatic N) is 1. The summed E-state index contributed by atoms with van der Waals surface area (Å²) < 4.78 is -0.114. The van der Waals surface area contributed by atoms with Crippen LogP contribution < -0.4 is 5.32 Å². The van der Waals surface area contributed by atoms with E-state index >= 15 is 0 Å². The lowest BCUT2D eigenvalue weighted by Crippen LogP contribution is -2.47. The second-order valence-corrected chi connectivity index (χ2v) is 7.05. The van der Waals surface area contributed by atoms with Crippen LogP contribution in [-0.2, 0) is 4.79 Å². The van der Waals surface area contributed by atoms with Crippen molar-refractivity contribution in [3.05, 3.63) is 0 Å². The van der Waals surface area contributed by atoms with Gasteiger partial charge in [-0.2, -0.15) is 0 Å². The monoisotopic (exact) mass is 240 g/mol. The largest absolute Gasteiger partial charge is 0.337 e. The van der Waals surface area contributed by atoms with Gasteiger partial charge in [-0.15, -0.1) is 11.8 Å². The molecule has 1 unspecified atom stereocenters. The summed E-state index contributed by atoms with van der Waals surface area (Å²) in [5.41, 5.74) is 0. The number of carbonyl (C=O) groups is 1. The molecule has 1 amide bonds. The molecular weight excluding hydrogens is 220 g/mol. The molecule has 0 aliphatic carbocycles. The van der Waals surface area contributed by atoms with E-state index < -0.39 is 0 Å². The average Bonchev–Trinajstić information content (AvgIpc) is 2.91. The fraction of sp³-hybridized carbons (Fsp3) is 0.917. The predicted molar refractivity (Wildman–Crippen MR) is 66.6 cm³/mol. The molecule has 0 radical (unpaired) electrons. The van der Waals surface area contributed by atoms with Gasteiger partial charge >= 0.3 is 0 Å². The van der Waals surface area contributed by atoms with Crippen molar-refractivity contribution in [1.82, 2.24) is 10.2 Å². The Morgan fingerprint density at radius 2 is 2.38 bits per heavy atom. The van der Waals surface area contributed by atoms with E-state index in [9.17, 15) is 4.79 Å². The predicted octanol–water partition coefficient (Wildman–Crippen LogP) is 1.09. The van der Waals surface area contributed by atoms with E-state index in [2.05, 4.69) is 17.1 Å². The van der Waals surface area contributed by atoms with Crippen LogP contribution in [0.3, 0.4) is 0 Å². The van der Waals surface area contributed by atoms with Crippen LogP contribution in [0.25, 0.3) is 0 Å². The molecule has 90 valence electrons. The second kappa shape index (κ2) is 3.91. The van der Waals surface area contributed by atoms with Gasteiger partial charge in [0, 0.05) is 25.7 Å². The molecule has 4 heteroatoms. The Morgan fingerprint density at radius 1 is 1.50 bits per heavy atom. The molecule has 3 saturated heterocycles. The quantitative estimate of drug-likeness (QED) is 0.745. The zero-order valence-electron chi connectivity index (χ0n) is 9.87. The van der Waals surface area contributed by atoms with E-state index in [1.54, 1.807) is 0 Å². The number of likely N-dealkylation sites (tertiary alicyclic amines) is 1. The van der Waals surface area contributed by atoms with Gasteiger partial charge in [0.15, 0.2) is 0 Å². The molecule has 0 spiro atoms. The summed E-state index contributed by atoms with van der Waals surface area (Å²) in [5.74, 6) is 2.28. The van der Waals surface area contributed by atoms with Gasteiger partial charge in [-0.3, -0.25) is 4.79 Å². The molecule has 3 rings (SSSR count). The van der Waals surface area contributed by atoms with Crippen molar-refractivity contribution in [2.75, 3.05) is 25.4 Å². The number of hydrogen-bond donors (Lipinski definition) is 1. The molecule has 3 atom stereocenters. The van der Waals surface area contributed by atoms with Gasteiger partial charge < -0.3 is 10.2 Å². The smallest absolute Gasteiger partial charge is 0.238 e. The van der Waals surface area contributed by atoms with Crippen molar-refractivity contribution in [2.45, 2.75) is 37.0 Å². The van der Waals surface area contributed by atoms with Crippen molar-refractivity contribution in [2.24, 2.45) is 5.92 Å². The Labute approximate surface area is 101 Å². The minimum atomic E-state index is -0.114. The molecule has 3 fully saturated rings. The maximum Gasteiger partial charge on any atom is 0.238 e. The highest BCUT2D eigenvalue weighted by atomic mass is 32.2. The van der Waals surface area contributed by atoms with E-state index in [0.717, 1.165) is 37.7 Å². The lowest BCUT2D eigenvalue weighted by Gasteiger charge is -2.31. The zero-order valence-corrected chi connectivity index (χ0v) is 10.7. The fourth-order valence-corrected chi connectivity index (χ4v) is 4.62. The first-order chi connectivity index (χ1) is 7.71. The summed E-state index contributed by atoms with van der Waals surface area (Å²) >= 11 is 1.86. The molecule has 0 aromatic carbocycles. The van der Waals surface area contributed by atoms with Gasteiger partial charge in [-0.05, 0) is 37.9 Å². The maximum atomic E-state index is 12.6. The topological polar surface area (TPSA) is 32.3 Å². The lowest BCUT2D eigenvalue weighted by atomic mass is 10.0. The zero-order chi connectivity index (χ0) is 11.2. The molecule has 3 aliphatic rings. The van der Waals surface area contributed by atoms with Crippen molar-refractivity contribution >= 4 is 17.7 Å². The standard InChI is InChI=1S/C12H20N2OS/c1-12(4-2-6-16-12)11(15)14-5-3-9-7-13-8-10(9)14/h9-10,13H,2-8H2,1H3/t9-,10+,12?/m0/s1. The van der Waals surface area contributed by atoms with Crippen LogP contribution in [0, 0.1) is 5.92 Å². The molecule has 0 aromatic rings.